The Bertz CT molecular complexity index is 1770. The van der Waals surface area contributed by atoms with Gasteiger partial charge in [-0.2, -0.15) is 8.78 Å². The van der Waals surface area contributed by atoms with E-state index in [1.165, 1.54) is 27.5 Å². The zero-order valence-electron chi connectivity index (χ0n) is 25.5. The Morgan fingerprint density at radius 1 is 0.957 bits per heavy atom. The summed E-state index contributed by atoms with van der Waals surface area (Å²) < 4.78 is 76.3. The average Bonchev–Trinajstić information content (AvgIpc) is 3.57. The van der Waals surface area contributed by atoms with Crippen molar-refractivity contribution in [1.29, 1.82) is 0 Å². The lowest BCUT2D eigenvalue weighted by molar-refractivity contribution is 0.0968. The van der Waals surface area contributed by atoms with E-state index in [0.717, 1.165) is 38.5 Å². The Kier molecular flexibility index (Phi) is 9.78. The number of aromatic nitrogens is 2. The molecule has 0 saturated carbocycles. The third-order valence-electron chi connectivity index (χ3n) is 8.34. The van der Waals surface area contributed by atoms with Crippen molar-refractivity contribution in [3.63, 3.8) is 0 Å². The predicted octanol–water partition coefficient (Wildman–Crippen LogP) is 5.71. The molecule has 2 saturated heterocycles. The topological polar surface area (TPSA) is 109 Å². The Morgan fingerprint density at radius 3 is 2.30 bits per heavy atom. The number of alkyl halides is 2. The number of halogens is 3. The number of piperidine rings is 1. The van der Waals surface area contributed by atoms with Crippen molar-refractivity contribution in [2.45, 2.75) is 38.5 Å². The van der Waals surface area contributed by atoms with E-state index in [4.69, 9.17) is 9.15 Å². The molecule has 0 aliphatic carbocycles. The zero-order chi connectivity index (χ0) is 33.0. The van der Waals surface area contributed by atoms with E-state index in [-0.39, 0.29) is 54.3 Å². The van der Waals surface area contributed by atoms with Crippen molar-refractivity contribution in [2.24, 2.45) is 0 Å². The quantitative estimate of drug-likeness (QED) is 0.223. The third kappa shape index (κ3) is 8.11. The summed E-state index contributed by atoms with van der Waals surface area (Å²) in [5.74, 6) is -1.51. The summed E-state index contributed by atoms with van der Waals surface area (Å²) in [6.07, 6.45) is -1.16. The van der Waals surface area contributed by atoms with Crippen LogP contribution in [0.5, 0.6) is 5.75 Å². The number of hydrogen-bond donors (Lipinski definition) is 0. The van der Waals surface area contributed by atoms with Crippen molar-refractivity contribution in [3.8, 4) is 17.2 Å². The molecule has 47 heavy (non-hydrogen) atoms. The van der Waals surface area contributed by atoms with Gasteiger partial charge in [-0.05, 0) is 54.8 Å². The highest BCUT2D eigenvalue weighted by atomic mass is 32.2. The molecule has 14 heteroatoms. The molecule has 6 rings (SSSR count). The molecule has 2 fully saturated rings. The highest BCUT2D eigenvalue weighted by Gasteiger charge is 2.30. The predicted molar refractivity (Wildman–Crippen MR) is 168 cm³/mol. The Hall–Kier alpha value is -4.43. The number of carbonyl (C=O) groups excluding carboxylic acids is 1. The van der Waals surface area contributed by atoms with E-state index in [1.54, 1.807) is 24.3 Å². The summed E-state index contributed by atoms with van der Waals surface area (Å²) in [5, 5.41) is 6.84. The second-order valence-electron chi connectivity index (χ2n) is 11.6. The number of likely N-dealkylation sites (tertiary alicyclic amines) is 1. The Labute approximate surface area is 270 Å². The Balaban J connectivity index is 1.15. The summed E-state index contributed by atoms with van der Waals surface area (Å²) in [6.45, 7) is 2.58. The summed E-state index contributed by atoms with van der Waals surface area (Å²) in [6, 6.07) is 20.8. The van der Waals surface area contributed by atoms with E-state index in [1.807, 2.05) is 18.2 Å². The molecule has 0 atom stereocenters. The number of amides is 2. The van der Waals surface area contributed by atoms with Gasteiger partial charge in [-0.3, -0.25) is 9.80 Å². The van der Waals surface area contributed by atoms with Crippen LogP contribution >= 0.6 is 0 Å². The van der Waals surface area contributed by atoms with Crippen molar-refractivity contribution in [2.75, 3.05) is 42.6 Å². The van der Waals surface area contributed by atoms with Gasteiger partial charge in [-0.1, -0.05) is 36.4 Å². The molecule has 0 N–H and O–H groups in total. The average molecular weight is 670 g/mol. The van der Waals surface area contributed by atoms with Gasteiger partial charge in [0.25, 0.3) is 5.89 Å². The van der Waals surface area contributed by atoms with Crippen LogP contribution in [0.15, 0.2) is 77.2 Å². The van der Waals surface area contributed by atoms with Gasteiger partial charge in [0, 0.05) is 49.5 Å². The SMILES string of the molecule is O=C(N1CCS(=O)(=O)CC1)N(Cc1ccc(-c2nnc(C(F)F)o2)cc1F)c1ccc(OC2CCN(Cc3ccccc3)CC2)cc1. The molecule has 0 unspecified atom stereocenters. The van der Waals surface area contributed by atoms with Gasteiger partial charge >= 0.3 is 12.5 Å². The molecule has 2 aliphatic heterocycles. The first kappa shape index (κ1) is 32.5. The van der Waals surface area contributed by atoms with Crippen LogP contribution in [0.1, 0.15) is 36.3 Å². The molecule has 0 spiro atoms. The van der Waals surface area contributed by atoms with Crippen molar-refractivity contribution < 1.29 is 35.5 Å². The molecule has 0 bridgehead atoms. The minimum atomic E-state index is -3.24. The van der Waals surface area contributed by atoms with Gasteiger partial charge < -0.3 is 14.1 Å². The lowest BCUT2D eigenvalue weighted by Gasteiger charge is -2.33. The lowest BCUT2D eigenvalue weighted by atomic mass is 10.1. The molecule has 1 aromatic heterocycles. The van der Waals surface area contributed by atoms with Gasteiger partial charge in [0.15, 0.2) is 9.84 Å². The van der Waals surface area contributed by atoms with Gasteiger partial charge in [0.1, 0.15) is 17.7 Å². The van der Waals surface area contributed by atoms with Crippen LogP contribution in [-0.4, -0.2) is 78.2 Å². The fraction of sp³-hybridized carbons (Fsp3) is 0.364. The van der Waals surface area contributed by atoms with E-state index < -0.39 is 34.0 Å². The van der Waals surface area contributed by atoms with Crippen molar-refractivity contribution in [3.05, 3.63) is 95.6 Å². The summed E-state index contributed by atoms with van der Waals surface area (Å²) >= 11 is 0. The molecule has 0 radical (unpaired) electrons. The van der Waals surface area contributed by atoms with E-state index in [2.05, 4.69) is 27.2 Å². The number of carbonyl (C=O) groups is 1. The number of rotatable bonds is 9. The first-order valence-electron chi connectivity index (χ1n) is 15.3. The molecule has 3 aromatic carbocycles. The normalized spacial score (nSPS) is 17.1. The molecule has 248 valence electrons. The van der Waals surface area contributed by atoms with Crippen molar-refractivity contribution in [1.82, 2.24) is 20.0 Å². The minimum Gasteiger partial charge on any atom is -0.490 e. The van der Waals surface area contributed by atoms with Gasteiger partial charge in [-0.15, -0.1) is 10.2 Å². The maximum atomic E-state index is 15.4. The van der Waals surface area contributed by atoms with E-state index in [9.17, 15) is 22.0 Å². The van der Waals surface area contributed by atoms with E-state index >= 15 is 4.39 Å². The van der Waals surface area contributed by atoms with Crippen LogP contribution < -0.4 is 9.64 Å². The molecule has 3 heterocycles. The van der Waals surface area contributed by atoms with Crippen molar-refractivity contribution >= 4 is 21.6 Å². The van der Waals surface area contributed by atoms with Crippen LogP contribution in [0.3, 0.4) is 0 Å². The van der Waals surface area contributed by atoms with Gasteiger partial charge in [-0.25, -0.2) is 17.6 Å². The highest BCUT2D eigenvalue weighted by molar-refractivity contribution is 7.91. The van der Waals surface area contributed by atoms with Crippen LogP contribution in [0, 0.1) is 5.82 Å². The number of nitrogens with zero attached hydrogens (tertiary/aromatic N) is 5. The summed E-state index contributed by atoms with van der Waals surface area (Å²) in [5.41, 5.74) is 1.99. The third-order valence-corrected chi connectivity index (χ3v) is 9.95. The number of hydrogen-bond acceptors (Lipinski definition) is 8. The minimum absolute atomic E-state index is 0.0207. The second kappa shape index (κ2) is 14.1. The first-order chi connectivity index (χ1) is 22.6. The smallest absolute Gasteiger partial charge is 0.324 e. The first-order valence-corrected chi connectivity index (χ1v) is 17.2. The number of ether oxygens (including phenoxy) is 1. The summed E-state index contributed by atoms with van der Waals surface area (Å²) in [4.78, 5) is 19.0. The number of urea groups is 1. The number of sulfone groups is 1. The highest BCUT2D eigenvalue weighted by Crippen LogP contribution is 2.29. The van der Waals surface area contributed by atoms with Gasteiger partial charge in [0.2, 0.25) is 5.89 Å². The van der Waals surface area contributed by atoms with Crippen LogP contribution in [0.4, 0.5) is 23.7 Å². The molecule has 2 aliphatic rings. The number of benzene rings is 3. The molecule has 2 amide bonds. The monoisotopic (exact) mass is 669 g/mol. The molecule has 10 nitrogen and oxygen atoms in total. The molecule has 4 aromatic rings. The maximum Gasteiger partial charge on any atom is 0.324 e. The molecular weight excluding hydrogens is 635 g/mol. The van der Waals surface area contributed by atoms with Crippen LogP contribution in [0.2, 0.25) is 0 Å². The molecular formula is C33H34F3N5O5S. The van der Waals surface area contributed by atoms with Crippen LogP contribution in [0.25, 0.3) is 11.5 Å². The maximum absolute atomic E-state index is 15.4. The largest absolute Gasteiger partial charge is 0.490 e. The van der Waals surface area contributed by atoms with E-state index in [0.29, 0.717) is 11.4 Å². The second-order valence-corrected chi connectivity index (χ2v) is 13.9. The fourth-order valence-corrected chi connectivity index (χ4v) is 6.89. The van der Waals surface area contributed by atoms with Gasteiger partial charge in [0.05, 0.1) is 18.1 Å². The Morgan fingerprint density at radius 2 is 1.66 bits per heavy atom. The fourth-order valence-electron chi connectivity index (χ4n) is 5.69. The van der Waals surface area contributed by atoms with Crippen LogP contribution in [-0.2, 0) is 22.9 Å². The zero-order valence-corrected chi connectivity index (χ0v) is 26.3. The standard InChI is InChI=1S/C33H34F3N5O5S/c34-29-20-24(31-37-38-32(46-31)30(35)36)6-7-25(29)22-41(33(42)40-16-18-47(43,44)19-17-40)26-8-10-27(11-9-26)45-28-12-14-39(15-13-28)21-23-4-2-1-3-5-23/h1-11,20,28,30H,12-19,21-22H2. The number of anilines is 1. The summed E-state index contributed by atoms with van der Waals surface area (Å²) in [7, 11) is -3.24. The lowest BCUT2D eigenvalue weighted by Crippen LogP contribution is -2.49.